The number of carbonyl (C=O) groups excluding carboxylic acids is 1. The van der Waals surface area contributed by atoms with Crippen LogP contribution >= 0.6 is 0 Å². The normalized spacial score (nSPS) is 17.4. The van der Waals surface area contributed by atoms with Gasteiger partial charge in [0.15, 0.2) is 11.5 Å². The van der Waals surface area contributed by atoms with E-state index in [2.05, 4.69) is 39.4 Å². The minimum absolute atomic E-state index is 0.0464. The lowest BCUT2D eigenvalue weighted by Crippen LogP contribution is -2.24. The van der Waals surface area contributed by atoms with E-state index in [4.69, 9.17) is 4.52 Å². The second-order valence-corrected chi connectivity index (χ2v) is 6.56. The van der Waals surface area contributed by atoms with Gasteiger partial charge in [-0.1, -0.05) is 35.0 Å². The average molecular weight is 337 g/mol. The average Bonchev–Trinajstić information content (AvgIpc) is 3.28. The third kappa shape index (κ3) is 3.17. The summed E-state index contributed by atoms with van der Waals surface area (Å²) in [4.78, 5) is 18.6. The summed E-state index contributed by atoms with van der Waals surface area (Å²) in [6, 6.07) is 10.1. The lowest BCUT2D eigenvalue weighted by atomic mass is 10.1. The number of aryl methyl sites for hydroxylation is 2. The molecule has 0 aliphatic carbocycles. The summed E-state index contributed by atoms with van der Waals surface area (Å²) in [5, 5.41) is 11.0. The van der Waals surface area contributed by atoms with Crippen LogP contribution in [0.15, 0.2) is 34.9 Å². The molecule has 1 aromatic carbocycles. The molecule has 1 atom stereocenters. The Balaban J connectivity index is 1.48. The van der Waals surface area contributed by atoms with Crippen LogP contribution in [0.25, 0.3) is 11.6 Å². The minimum Gasteiger partial charge on any atom is -0.338 e. The molecule has 0 bridgehead atoms. The number of nitrogens with zero attached hydrogens (tertiary/aromatic N) is 4. The summed E-state index contributed by atoms with van der Waals surface area (Å²) in [6.45, 7) is 5.17. The Kier molecular flexibility index (Phi) is 3.83. The molecule has 0 saturated carbocycles. The molecule has 0 unspecified atom stereocenters. The van der Waals surface area contributed by atoms with Crippen LogP contribution < -0.4 is 0 Å². The molecule has 7 nitrogen and oxygen atoms in total. The Morgan fingerprint density at radius 3 is 2.96 bits per heavy atom. The Bertz CT molecular complexity index is 914. The van der Waals surface area contributed by atoms with Crippen LogP contribution in [-0.4, -0.2) is 37.7 Å². The maximum atomic E-state index is 12.3. The first-order valence-electron chi connectivity index (χ1n) is 8.28. The van der Waals surface area contributed by atoms with E-state index >= 15 is 0 Å². The molecule has 1 amide bonds. The Morgan fingerprint density at radius 2 is 2.20 bits per heavy atom. The fourth-order valence-corrected chi connectivity index (χ4v) is 3.16. The molecular weight excluding hydrogens is 318 g/mol. The van der Waals surface area contributed by atoms with E-state index in [9.17, 15) is 4.79 Å². The van der Waals surface area contributed by atoms with Gasteiger partial charge >= 0.3 is 0 Å². The fourth-order valence-electron chi connectivity index (χ4n) is 3.16. The van der Waals surface area contributed by atoms with E-state index in [1.165, 1.54) is 5.56 Å². The topological polar surface area (TPSA) is 87.9 Å². The summed E-state index contributed by atoms with van der Waals surface area (Å²) in [5.41, 5.74) is 3.87. The number of hydrogen-bond donors (Lipinski definition) is 1. The largest absolute Gasteiger partial charge is 0.338 e. The second kappa shape index (κ2) is 6.16. The summed E-state index contributed by atoms with van der Waals surface area (Å²) in [7, 11) is 0. The van der Waals surface area contributed by atoms with Crippen molar-refractivity contribution in [2.24, 2.45) is 0 Å². The van der Waals surface area contributed by atoms with Crippen molar-refractivity contribution in [3.63, 3.8) is 0 Å². The van der Waals surface area contributed by atoms with Crippen molar-refractivity contribution >= 4 is 5.91 Å². The maximum absolute atomic E-state index is 12.3. The predicted molar refractivity (Wildman–Crippen MR) is 90.6 cm³/mol. The summed E-state index contributed by atoms with van der Waals surface area (Å²) >= 11 is 0. The van der Waals surface area contributed by atoms with Gasteiger partial charge in [-0.15, -0.1) is 0 Å². The van der Waals surface area contributed by atoms with Crippen molar-refractivity contribution in [2.75, 3.05) is 6.54 Å². The van der Waals surface area contributed by atoms with Gasteiger partial charge in [0.25, 0.3) is 5.89 Å². The number of likely N-dealkylation sites (tertiary alicyclic amines) is 1. The highest BCUT2D eigenvalue weighted by molar-refractivity contribution is 5.79. The fraction of sp³-hybridized carbons (Fsp3) is 0.333. The van der Waals surface area contributed by atoms with Crippen molar-refractivity contribution < 1.29 is 9.32 Å². The molecule has 1 N–H and O–H groups in total. The monoisotopic (exact) mass is 337 g/mol. The summed E-state index contributed by atoms with van der Waals surface area (Å²) in [6.07, 6.45) is 0.407. The predicted octanol–water partition coefficient (Wildman–Crippen LogP) is 2.59. The number of nitrogens with one attached hydrogen (secondary N) is 1. The van der Waals surface area contributed by atoms with Gasteiger partial charge in [0.05, 0.1) is 0 Å². The highest BCUT2D eigenvalue weighted by Crippen LogP contribution is 2.29. The Labute approximate surface area is 145 Å². The number of amides is 1. The molecule has 128 valence electrons. The molecular formula is C18H19N5O2. The van der Waals surface area contributed by atoms with Crippen molar-refractivity contribution in [3.05, 3.63) is 53.0 Å². The highest BCUT2D eigenvalue weighted by atomic mass is 16.5. The van der Waals surface area contributed by atoms with Gasteiger partial charge in [-0.3, -0.25) is 9.89 Å². The Morgan fingerprint density at radius 1 is 1.32 bits per heavy atom. The molecule has 3 heterocycles. The first kappa shape index (κ1) is 15.6. The zero-order chi connectivity index (χ0) is 17.4. The zero-order valence-electron chi connectivity index (χ0n) is 14.2. The van der Waals surface area contributed by atoms with E-state index in [0.29, 0.717) is 36.9 Å². The van der Waals surface area contributed by atoms with Crippen molar-refractivity contribution in [1.29, 1.82) is 0 Å². The van der Waals surface area contributed by atoms with E-state index in [1.54, 1.807) is 0 Å². The highest BCUT2D eigenvalue weighted by Gasteiger charge is 2.33. The number of H-pyrrole nitrogens is 1. The number of aromatic nitrogens is 4. The number of carbonyl (C=O) groups is 1. The minimum atomic E-state index is -0.0464. The van der Waals surface area contributed by atoms with Gasteiger partial charge in [-0.25, -0.2) is 0 Å². The maximum Gasteiger partial charge on any atom is 0.278 e. The van der Waals surface area contributed by atoms with Crippen molar-refractivity contribution in [2.45, 2.75) is 32.7 Å². The molecule has 1 aliphatic rings. The molecule has 0 radical (unpaired) electrons. The summed E-state index contributed by atoms with van der Waals surface area (Å²) in [5.74, 6) is 1.02. The standard InChI is InChI=1S/C18H19N5O2/c1-11-4-3-5-13(6-11)9-23-10-14(8-16(23)24)17-19-18(25-22-17)15-7-12(2)20-21-15/h3-7,14H,8-10H2,1-2H3,(H,20,21)/t14-/m1/s1. The van der Waals surface area contributed by atoms with Crippen LogP contribution in [0.2, 0.25) is 0 Å². The first-order valence-corrected chi connectivity index (χ1v) is 8.28. The quantitative estimate of drug-likeness (QED) is 0.790. The van der Waals surface area contributed by atoms with Crippen molar-refractivity contribution in [3.8, 4) is 11.6 Å². The first-order chi connectivity index (χ1) is 12.1. The van der Waals surface area contributed by atoms with Crippen LogP contribution in [-0.2, 0) is 11.3 Å². The Hall–Kier alpha value is -2.96. The van der Waals surface area contributed by atoms with E-state index < -0.39 is 0 Å². The third-order valence-electron chi connectivity index (χ3n) is 4.40. The van der Waals surface area contributed by atoms with Gasteiger partial charge in [-0.05, 0) is 25.5 Å². The van der Waals surface area contributed by atoms with E-state index in [0.717, 1.165) is 11.3 Å². The molecule has 1 fully saturated rings. The van der Waals surface area contributed by atoms with Crippen LogP contribution in [0.1, 0.15) is 35.0 Å². The molecule has 4 rings (SSSR count). The third-order valence-corrected chi connectivity index (χ3v) is 4.40. The molecule has 2 aromatic heterocycles. The van der Waals surface area contributed by atoms with Crippen LogP contribution in [0.4, 0.5) is 0 Å². The van der Waals surface area contributed by atoms with Gasteiger partial charge < -0.3 is 9.42 Å². The van der Waals surface area contributed by atoms with E-state index in [1.807, 2.05) is 30.0 Å². The van der Waals surface area contributed by atoms with E-state index in [-0.39, 0.29) is 11.8 Å². The molecule has 0 spiro atoms. The molecule has 1 saturated heterocycles. The molecule has 3 aromatic rings. The molecule has 1 aliphatic heterocycles. The smallest absolute Gasteiger partial charge is 0.278 e. The zero-order valence-corrected chi connectivity index (χ0v) is 14.2. The van der Waals surface area contributed by atoms with Crippen molar-refractivity contribution in [1.82, 2.24) is 25.2 Å². The lowest BCUT2D eigenvalue weighted by molar-refractivity contribution is -0.128. The number of rotatable bonds is 4. The van der Waals surface area contributed by atoms with Crippen LogP contribution in [0.5, 0.6) is 0 Å². The number of benzene rings is 1. The second-order valence-electron chi connectivity index (χ2n) is 6.56. The summed E-state index contributed by atoms with van der Waals surface area (Å²) < 4.78 is 5.31. The van der Waals surface area contributed by atoms with Gasteiger partial charge in [0.1, 0.15) is 0 Å². The molecule has 25 heavy (non-hydrogen) atoms. The van der Waals surface area contributed by atoms with Gasteiger partial charge in [0.2, 0.25) is 5.91 Å². The number of aromatic amines is 1. The van der Waals surface area contributed by atoms with Gasteiger partial charge in [0, 0.05) is 31.1 Å². The van der Waals surface area contributed by atoms with Crippen LogP contribution in [0, 0.1) is 13.8 Å². The van der Waals surface area contributed by atoms with Crippen LogP contribution in [0.3, 0.4) is 0 Å². The lowest BCUT2D eigenvalue weighted by Gasteiger charge is -2.16. The number of hydrogen-bond acceptors (Lipinski definition) is 5. The van der Waals surface area contributed by atoms with Gasteiger partial charge in [-0.2, -0.15) is 10.1 Å². The molecule has 7 heteroatoms. The SMILES string of the molecule is Cc1cccc(CN2C[C@H](c3noc(-c4cc(C)[nH]n4)n3)CC2=O)c1.